The van der Waals surface area contributed by atoms with Crippen LogP contribution in [0.15, 0.2) is 24.3 Å². The lowest BCUT2D eigenvalue weighted by Crippen LogP contribution is -2.39. The number of hydrogen-bond donors (Lipinski definition) is 2. The summed E-state index contributed by atoms with van der Waals surface area (Å²) in [6.45, 7) is 1.67. The maximum Gasteiger partial charge on any atom is 0.573 e. The van der Waals surface area contributed by atoms with Crippen LogP contribution in [0.3, 0.4) is 0 Å². The Labute approximate surface area is 108 Å². The molecule has 1 aromatic carbocycles. The van der Waals surface area contributed by atoms with Crippen LogP contribution in [0.5, 0.6) is 5.75 Å². The van der Waals surface area contributed by atoms with E-state index < -0.39 is 18.3 Å². The van der Waals surface area contributed by atoms with Gasteiger partial charge in [-0.05, 0) is 12.5 Å². The summed E-state index contributed by atoms with van der Waals surface area (Å²) in [5, 5.41) is 2.46. The van der Waals surface area contributed by atoms with Crippen LogP contribution in [0.2, 0.25) is 0 Å². The third kappa shape index (κ3) is 5.17. The Hall–Kier alpha value is -1.76. The molecule has 1 aromatic rings. The van der Waals surface area contributed by atoms with E-state index in [0.29, 0.717) is 6.42 Å². The summed E-state index contributed by atoms with van der Waals surface area (Å²) < 4.78 is 40.4. The lowest BCUT2D eigenvalue weighted by Gasteiger charge is -2.14. The number of ether oxygens (including phenoxy) is 1. The number of halogens is 3. The molecule has 19 heavy (non-hydrogen) atoms. The highest BCUT2D eigenvalue weighted by molar-refractivity contribution is 5.81. The zero-order valence-corrected chi connectivity index (χ0v) is 10.3. The van der Waals surface area contributed by atoms with Crippen molar-refractivity contribution in [2.75, 3.05) is 0 Å². The molecule has 0 radical (unpaired) electrons. The summed E-state index contributed by atoms with van der Waals surface area (Å²) in [7, 11) is 0. The van der Waals surface area contributed by atoms with Crippen molar-refractivity contribution in [1.29, 1.82) is 0 Å². The van der Waals surface area contributed by atoms with Crippen molar-refractivity contribution in [3.8, 4) is 5.75 Å². The summed E-state index contributed by atoms with van der Waals surface area (Å²) in [6, 6.07) is 4.94. The Morgan fingerprint density at radius 3 is 2.63 bits per heavy atom. The van der Waals surface area contributed by atoms with Crippen molar-refractivity contribution >= 4 is 5.91 Å². The molecule has 0 aliphatic carbocycles. The molecule has 0 spiro atoms. The van der Waals surface area contributed by atoms with Gasteiger partial charge in [-0.1, -0.05) is 25.1 Å². The van der Waals surface area contributed by atoms with Crippen LogP contribution >= 0.6 is 0 Å². The first-order chi connectivity index (χ1) is 8.83. The van der Waals surface area contributed by atoms with Gasteiger partial charge in [0.1, 0.15) is 5.75 Å². The summed E-state index contributed by atoms with van der Waals surface area (Å²) in [6.07, 6.45) is -4.31. The monoisotopic (exact) mass is 276 g/mol. The van der Waals surface area contributed by atoms with Crippen LogP contribution in [0.1, 0.15) is 18.9 Å². The van der Waals surface area contributed by atoms with Gasteiger partial charge >= 0.3 is 6.36 Å². The van der Waals surface area contributed by atoms with Gasteiger partial charge in [0.15, 0.2) is 0 Å². The fraction of sp³-hybridized carbons (Fsp3) is 0.417. The Morgan fingerprint density at radius 1 is 1.42 bits per heavy atom. The molecule has 0 heterocycles. The number of hydrogen-bond acceptors (Lipinski definition) is 3. The molecule has 3 N–H and O–H groups in total. The number of nitrogens with one attached hydrogen (secondary N) is 1. The maximum absolute atomic E-state index is 12.2. The molecule has 106 valence electrons. The van der Waals surface area contributed by atoms with Gasteiger partial charge in [-0.3, -0.25) is 4.79 Å². The lowest BCUT2D eigenvalue weighted by molar-refractivity contribution is -0.274. The molecule has 1 amide bonds. The van der Waals surface area contributed by atoms with Crippen LogP contribution in [0, 0.1) is 0 Å². The van der Waals surface area contributed by atoms with Crippen molar-refractivity contribution in [2.24, 2.45) is 5.73 Å². The summed E-state index contributed by atoms with van der Waals surface area (Å²) >= 11 is 0. The number of carbonyl (C=O) groups is 1. The second kappa shape index (κ2) is 6.42. The molecule has 7 heteroatoms. The first-order valence-corrected chi connectivity index (χ1v) is 5.70. The van der Waals surface area contributed by atoms with E-state index in [0.717, 1.165) is 0 Å². The second-order valence-corrected chi connectivity index (χ2v) is 3.89. The van der Waals surface area contributed by atoms with Gasteiger partial charge in [-0.2, -0.15) is 0 Å². The summed E-state index contributed by atoms with van der Waals surface area (Å²) in [4.78, 5) is 11.4. The van der Waals surface area contributed by atoms with Crippen LogP contribution in [-0.2, 0) is 11.3 Å². The highest BCUT2D eigenvalue weighted by Crippen LogP contribution is 2.25. The van der Waals surface area contributed by atoms with Gasteiger partial charge in [0.25, 0.3) is 0 Å². The first kappa shape index (κ1) is 15.3. The molecule has 4 nitrogen and oxygen atoms in total. The Kier molecular flexibility index (Phi) is 5.17. The number of nitrogens with two attached hydrogens (primary N) is 1. The van der Waals surface area contributed by atoms with Crippen LogP contribution in [-0.4, -0.2) is 18.3 Å². The smallest absolute Gasteiger partial charge is 0.405 e. The van der Waals surface area contributed by atoms with Crippen LogP contribution in [0.4, 0.5) is 13.2 Å². The van der Waals surface area contributed by atoms with E-state index in [1.165, 1.54) is 18.2 Å². The summed E-state index contributed by atoms with van der Waals surface area (Å²) in [5.41, 5.74) is 5.73. The molecule has 0 aliphatic heterocycles. The maximum atomic E-state index is 12.2. The highest BCUT2D eigenvalue weighted by atomic mass is 19.4. The van der Waals surface area contributed by atoms with Gasteiger partial charge in [0.2, 0.25) is 5.91 Å². The molecule has 1 atom stereocenters. The van der Waals surface area contributed by atoms with Gasteiger partial charge in [0.05, 0.1) is 6.04 Å². The standard InChI is InChI=1S/C12H15F3N2O2/c1-2-9(16)11(18)17-7-8-5-3-4-6-10(8)19-12(13,14)15/h3-6,9H,2,7,16H2,1H3,(H,17,18)/t9-/m0/s1. The van der Waals surface area contributed by atoms with Crippen molar-refractivity contribution in [3.05, 3.63) is 29.8 Å². The second-order valence-electron chi connectivity index (χ2n) is 3.89. The zero-order chi connectivity index (χ0) is 14.5. The molecular formula is C12H15F3N2O2. The third-order valence-corrected chi connectivity index (χ3v) is 2.43. The molecular weight excluding hydrogens is 261 g/mol. The highest BCUT2D eigenvalue weighted by Gasteiger charge is 2.32. The Morgan fingerprint density at radius 2 is 2.05 bits per heavy atom. The van der Waals surface area contributed by atoms with Gasteiger partial charge in [-0.25, -0.2) is 0 Å². The van der Waals surface area contributed by atoms with E-state index in [-0.39, 0.29) is 17.9 Å². The van der Waals surface area contributed by atoms with Gasteiger partial charge in [-0.15, -0.1) is 13.2 Å². The predicted octanol–water partition coefficient (Wildman–Crippen LogP) is 1.94. The number of carbonyl (C=O) groups excluding carboxylic acids is 1. The minimum Gasteiger partial charge on any atom is -0.405 e. The number of amides is 1. The average Bonchev–Trinajstić information content (AvgIpc) is 2.34. The largest absolute Gasteiger partial charge is 0.573 e. The number of benzene rings is 1. The number of alkyl halides is 3. The van der Waals surface area contributed by atoms with E-state index in [1.54, 1.807) is 13.0 Å². The van der Waals surface area contributed by atoms with Crippen molar-refractivity contribution in [1.82, 2.24) is 5.32 Å². The normalized spacial score (nSPS) is 12.9. The molecule has 0 saturated heterocycles. The first-order valence-electron chi connectivity index (χ1n) is 5.70. The van der Waals surface area contributed by atoms with Crippen molar-refractivity contribution in [3.63, 3.8) is 0 Å². The zero-order valence-electron chi connectivity index (χ0n) is 10.3. The Bertz CT molecular complexity index is 435. The molecule has 0 bridgehead atoms. The molecule has 0 fully saturated rings. The van der Waals surface area contributed by atoms with E-state index in [1.807, 2.05) is 0 Å². The number of rotatable bonds is 5. The average molecular weight is 276 g/mol. The molecule has 0 saturated carbocycles. The minimum atomic E-state index is -4.76. The van der Waals surface area contributed by atoms with Gasteiger partial charge < -0.3 is 15.8 Å². The van der Waals surface area contributed by atoms with Gasteiger partial charge in [0, 0.05) is 12.1 Å². The molecule has 1 rings (SSSR count). The summed E-state index contributed by atoms with van der Waals surface area (Å²) in [5.74, 6) is -0.746. The molecule has 0 aliphatic rings. The third-order valence-electron chi connectivity index (χ3n) is 2.43. The van der Waals surface area contributed by atoms with E-state index >= 15 is 0 Å². The van der Waals surface area contributed by atoms with E-state index in [4.69, 9.17) is 5.73 Å². The SMILES string of the molecule is CC[C@H](N)C(=O)NCc1ccccc1OC(F)(F)F. The molecule has 0 unspecified atom stereocenters. The quantitative estimate of drug-likeness (QED) is 0.863. The number of para-hydroxylation sites is 1. The fourth-order valence-electron chi connectivity index (χ4n) is 1.37. The van der Waals surface area contributed by atoms with E-state index in [9.17, 15) is 18.0 Å². The van der Waals surface area contributed by atoms with Crippen LogP contribution < -0.4 is 15.8 Å². The Balaban J connectivity index is 2.71. The van der Waals surface area contributed by atoms with E-state index in [2.05, 4.69) is 10.1 Å². The predicted molar refractivity (Wildman–Crippen MR) is 63.2 cm³/mol. The molecule has 0 aromatic heterocycles. The topological polar surface area (TPSA) is 64.4 Å². The minimum absolute atomic E-state index is 0.0706. The van der Waals surface area contributed by atoms with Crippen LogP contribution in [0.25, 0.3) is 0 Å². The van der Waals surface area contributed by atoms with Crippen molar-refractivity contribution < 1.29 is 22.7 Å². The van der Waals surface area contributed by atoms with Crippen molar-refractivity contribution in [2.45, 2.75) is 32.3 Å². The lowest BCUT2D eigenvalue weighted by atomic mass is 10.2. The fourth-order valence-corrected chi connectivity index (χ4v) is 1.37.